The van der Waals surface area contributed by atoms with Crippen LogP contribution in [0.5, 0.6) is 5.75 Å². The Morgan fingerprint density at radius 2 is 2.05 bits per heavy atom. The van der Waals surface area contributed by atoms with E-state index in [9.17, 15) is 5.11 Å². The molecule has 2 rings (SSSR count). The lowest BCUT2D eigenvalue weighted by Crippen LogP contribution is -2.08. The minimum absolute atomic E-state index is 0.611. The second kappa shape index (κ2) is 6.09. The van der Waals surface area contributed by atoms with Crippen LogP contribution in [-0.4, -0.2) is 22.0 Å². The van der Waals surface area contributed by atoms with Crippen LogP contribution in [0.4, 0.5) is 0 Å². The van der Waals surface area contributed by atoms with Crippen molar-refractivity contribution in [3.63, 3.8) is 0 Å². The summed E-state index contributed by atoms with van der Waals surface area (Å²) in [6.07, 6.45) is 1.18. The zero-order valence-corrected chi connectivity index (χ0v) is 12.6. The Bertz CT molecular complexity index is 588. The van der Waals surface area contributed by atoms with Crippen LogP contribution < -0.4 is 4.74 Å². The van der Waals surface area contributed by atoms with Gasteiger partial charge in [0.05, 0.1) is 24.6 Å². The van der Waals surface area contributed by atoms with Crippen molar-refractivity contribution in [2.45, 2.75) is 39.7 Å². The van der Waals surface area contributed by atoms with E-state index >= 15 is 0 Å². The van der Waals surface area contributed by atoms with Gasteiger partial charge in [0.2, 0.25) is 0 Å². The smallest absolute Gasteiger partial charge is 0.126 e. The van der Waals surface area contributed by atoms with E-state index in [1.165, 1.54) is 0 Å². The van der Waals surface area contributed by atoms with Crippen LogP contribution >= 0.6 is 0 Å². The van der Waals surface area contributed by atoms with Gasteiger partial charge in [-0.2, -0.15) is 5.10 Å². The first-order chi connectivity index (χ1) is 9.62. The average Bonchev–Trinajstić information content (AvgIpc) is 2.89. The fraction of sp³-hybridized carbons (Fsp3) is 0.438. The molecular weight excluding hydrogens is 252 g/mol. The van der Waals surface area contributed by atoms with Crippen molar-refractivity contribution in [1.82, 2.24) is 9.78 Å². The van der Waals surface area contributed by atoms with Crippen LogP contribution in [0.15, 0.2) is 24.3 Å². The van der Waals surface area contributed by atoms with Crippen molar-refractivity contribution in [2.75, 3.05) is 7.11 Å². The number of aryl methyl sites for hydroxylation is 2. The quantitative estimate of drug-likeness (QED) is 0.911. The molecule has 2 aromatic rings. The highest BCUT2D eigenvalue weighted by Crippen LogP contribution is 2.31. The highest BCUT2D eigenvalue weighted by molar-refractivity contribution is 5.51. The summed E-state index contributed by atoms with van der Waals surface area (Å²) in [5.74, 6) is 0.688. The normalized spacial score (nSPS) is 12.4. The summed E-state index contributed by atoms with van der Waals surface area (Å²) in [7, 11) is 1.62. The number of nitrogens with zero attached hydrogens (tertiary/aromatic N) is 2. The summed E-state index contributed by atoms with van der Waals surface area (Å²) in [4.78, 5) is 0. The van der Waals surface area contributed by atoms with Gasteiger partial charge in [0, 0.05) is 11.3 Å². The number of ether oxygens (including phenoxy) is 1. The number of aromatic nitrogens is 2. The zero-order valence-electron chi connectivity index (χ0n) is 12.6. The molecule has 0 aliphatic heterocycles. The van der Waals surface area contributed by atoms with Crippen molar-refractivity contribution in [3.05, 3.63) is 41.2 Å². The van der Waals surface area contributed by atoms with E-state index in [2.05, 4.69) is 25.0 Å². The molecule has 0 saturated carbocycles. The van der Waals surface area contributed by atoms with Gasteiger partial charge in [-0.3, -0.25) is 0 Å². The van der Waals surface area contributed by atoms with Gasteiger partial charge < -0.3 is 9.84 Å². The molecule has 108 valence electrons. The van der Waals surface area contributed by atoms with Gasteiger partial charge in [-0.25, -0.2) is 4.68 Å². The number of aliphatic hydroxyl groups excluding tert-OH is 1. The molecule has 1 heterocycles. The minimum Gasteiger partial charge on any atom is -0.496 e. The van der Waals surface area contributed by atoms with Gasteiger partial charge >= 0.3 is 0 Å². The van der Waals surface area contributed by atoms with E-state index in [4.69, 9.17) is 4.74 Å². The predicted octanol–water partition coefficient (Wildman–Crippen LogP) is 3.06. The maximum atomic E-state index is 10.1. The highest BCUT2D eigenvalue weighted by Gasteiger charge is 2.18. The van der Waals surface area contributed by atoms with Crippen LogP contribution in [0.3, 0.4) is 0 Å². The third-order valence-electron chi connectivity index (χ3n) is 3.47. The van der Waals surface area contributed by atoms with Gasteiger partial charge in [-0.05, 0) is 38.0 Å². The lowest BCUT2D eigenvalue weighted by atomic mass is 10.1. The topological polar surface area (TPSA) is 47.3 Å². The molecule has 1 aromatic carbocycles. The van der Waals surface area contributed by atoms with Crippen molar-refractivity contribution in [1.29, 1.82) is 0 Å². The Hall–Kier alpha value is -1.81. The fourth-order valence-corrected chi connectivity index (χ4v) is 2.42. The van der Waals surface area contributed by atoms with Crippen molar-refractivity contribution >= 4 is 0 Å². The summed E-state index contributed by atoms with van der Waals surface area (Å²) in [6, 6.07) is 7.87. The minimum atomic E-state index is -0.611. The first-order valence-corrected chi connectivity index (χ1v) is 7.05. The molecule has 0 saturated heterocycles. The van der Waals surface area contributed by atoms with E-state index in [1.54, 1.807) is 14.0 Å². The second-order valence-corrected chi connectivity index (χ2v) is 4.81. The molecule has 1 N–H and O–H groups in total. The zero-order chi connectivity index (χ0) is 14.7. The largest absolute Gasteiger partial charge is 0.496 e. The van der Waals surface area contributed by atoms with Gasteiger partial charge in [0.15, 0.2) is 0 Å². The van der Waals surface area contributed by atoms with Gasteiger partial charge in [-0.15, -0.1) is 0 Å². The molecule has 4 heteroatoms. The molecule has 0 amide bonds. The second-order valence-electron chi connectivity index (χ2n) is 4.81. The van der Waals surface area contributed by atoms with Crippen LogP contribution in [0.1, 0.15) is 43.8 Å². The molecule has 1 aromatic heterocycles. The van der Waals surface area contributed by atoms with Crippen molar-refractivity contribution < 1.29 is 9.84 Å². The Morgan fingerprint density at radius 1 is 1.30 bits per heavy atom. The molecule has 20 heavy (non-hydrogen) atoms. The molecule has 0 aliphatic carbocycles. The first-order valence-electron chi connectivity index (χ1n) is 7.05. The number of hydrogen-bond acceptors (Lipinski definition) is 3. The maximum Gasteiger partial charge on any atom is 0.126 e. The van der Waals surface area contributed by atoms with E-state index in [1.807, 2.05) is 22.9 Å². The Kier molecular flexibility index (Phi) is 4.45. The Balaban J connectivity index is 2.65. The summed E-state index contributed by atoms with van der Waals surface area (Å²) in [5, 5.41) is 14.7. The monoisotopic (exact) mass is 274 g/mol. The summed E-state index contributed by atoms with van der Waals surface area (Å²) < 4.78 is 7.29. The lowest BCUT2D eigenvalue weighted by Gasteiger charge is -2.17. The summed E-state index contributed by atoms with van der Waals surface area (Å²) in [5.41, 5.74) is 3.85. The third kappa shape index (κ3) is 2.56. The number of hydrogen-bond donors (Lipinski definition) is 1. The standard InChI is InChI=1S/C16H22N2O2/c1-5-12-10-13(6-2)18(17-12)14-8-7-9-15(20-4)16(14)11(3)19/h7-11,19H,5-6H2,1-4H3/t11-/m1/s1. The molecule has 4 nitrogen and oxygen atoms in total. The molecule has 0 aliphatic rings. The number of benzene rings is 1. The summed E-state index contributed by atoms with van der Waals surface area (Å²) in [6.45, 7) is 5.94. The molecular formula is C16H22N2O2. The Morgan fingerprint density at radius 3 is 2.60 bits per heavy atom. The molecule has 0 fully saturated rings. The van der Waals surface area contributed by atoms with Gasteiger partial charge in [-0.1, -0.05) is 19.9 Å². The maximum absolute atomic E-state index is 10.1. The van der Waals surface area contributed by atoms with E-state index < -0.39 is 6.10 Å². The van der Waals surface area contributed by atoms with E-state index in [0.29, 0.717) is 5.75 Å². The summed E-state index contributed by atoms with van der Waals surface area (Å²) >= 11 is 0. The van der Waals surface area contributed by atoms with Crippen LogP contribution in [0.25, 0.3) is 5.69 Å². The Labute approximate surface area is 120 Å². The molecule has 1 atom stereocenters. The predicted molar refractivity (Wildman–Crippen MR) is 79.5 cm³/mol. The molecule has 0 radical (unpaired) electrons. The lowest BCUT2D eigenvalue weighted by molar-refractivity contribution is 0.194. The van der Waals surface area contributed by atoms with Crippen molar-refractivity contribution in [3.8, 4) is 11.4 Å². The van der Waals surface area contributed by atoms with Gasteiger partial charge in [0.25, 0.3) is 0 Å². The van der Waals surface area contributed by atoms with Gasteiger partial charge in [0.1, 0.15) is 5.75 Å². The van der Waals surface area contributed by atoms with Crippen LogP contribution in [0, 0.1) is 0 Å². The number of rotatable bonds is 5. The van der Waals surface area contributed by atoms with E-state index in [-0.39, 0.29) is 0 Å². The average molecular weight is 274 g/mol. The number of aliphatic hydroxyl groups is 1. The third-order valence-corrected chi connectivity index (χ3v) is 3.47. The highest BCUT2D eigenvalue weighted by atomic mass is 16.5. The van der Waals surface area contributed by atoms with Crippen LogP contribution in [-0.2, 0) is 12.8 Å². The SMILES string of the molecule is CCc1cc(CC)n(-c2cccc(OC)c2[C@@H](C)O)n1. The number of methoxy groups -OCH3 is 1. The van der Waals surface area contributed by atoms with Crippen molar-refractivity contribution in [2.24, 2.45) is 0 Å². The molecule has 0 bridgehead atoms. The molecule has 0 spiro atoms. The fourth-order valence-electron chi connectivity index (χ4n) is 2.42. The van der Waals surface area contributed by atoms with E-state index in [0.717, 1.165) is 35.5 Å². The molecule has 0 unspecified atom stereocenters. The first kappa shape index (κ1) is 14.6. The van der Waals surface area contributed by atoms with Crippen LogP contribution in [0.2, 0.25) is 0 Å².